The summed E-state index contributed by atoms with van der Waals surface area (Å²) in [5.74, 6) is -0.194. The highest BCUT2D eigenvalue weighted by Gasteiger charge is 2.60. The van der Waals surface area contributed by atoms with E-state index in [1.165, 1.54) is 5.57 Å². The van der Waals surface area contributed by atoms with E-state index in [-0.39, 0.29) is 16.7 Å². The molecule has 2 fully saturated rings. The molecule has 23 heavy (non-hydrogen) atoms. The van der Waals surface area contributed by atoms with Crippen LogP contribution in [0.2, 0.25) is 0 Å². The van der Waals surface area contributed by atoms with Crippen LogP contribution < -0.4 is 0 Å². The molecule has 6 atom stereocenters. The highest BCUT2D eigenvalue weighted by molar-refractivity contribution is 5.75. The summed E-state index contributed by atoms with van der Waals surface area (Å²) in [7, 11) is 0. The molecule has 0 spiro atoms. The summed E-state index contributed by atoms with van der Waals surface area (Å²) in [5.41, 5.74) is 0.617. The minimum Gasteiger partial charge on any atom is -0.481 e. The number of hydrogen-bond donors (Lipinski definition) is 2. The molecule has 0 heterocycles. The second-order valence-electron chi connectivity index (χ2n) is 8.90. The van der Waals surface area contributed by atoms with E-state index in [2.05, 4.69) is 26.5 Å². The number of fused-ring (bicyclic) bond motifs is 3. The SMILES string of the molecule is C=C[C@@]1(C)C=C2CC[C@@H]3[C@](C)(C[C@H](O)C[C@@]3(C)C(=O)O)[C@H]2CC1. The average molecular weight is 318 g/mol. The van der Waals surface area contributed by atoms with Crippen molar-refractivity contribution in [1.82, 2.24) is 0 Å². The molecule has 0 aromatic rings. The van der Waals surface area contributed by atoms with Crippen LogP contribution in [0.3, 0.4) is 0 Å². The molecule has 0 aliphatic heterocycles. The molecule has 128 valence electrons. The molecule has 2 N–H and O–H groups in total. The first-order valence-electron chi connectivity index (χ1n) is 8.91. The second-order valence-corrected chi connectivity index (χ2v) is 8.90. The van der Waals surface area contributed by atoms with Crippen LogP contribution in [-0.4, -0.2) is 22.3 Å². The van der Waals surface area contributed by atoms with E-state index >= 15 is 0 Å². The Balaban J connectivity index is 2.02. The van der Waals surface area contributed by atoms with E-state index in [4.69, 9.17) is 0 Å². The van der Waals surface area contributed by atoms with Gasteiger partial charge in [0.15, 0.2) is 0 Å². The number of aliphatic hydroxyl groups is 1. The van der Waals surface area contributed by atoms with Crippen molar-refractivity contribution in [3.8, 4) is 0 Å². The average Bonchev–Trinajstić information content (AvgIpc) is 2.45. The molecular weight excluding hydrogens is 288 g/mol. The lowest BCUT2D eigenvalue weighted by atomic mass is 9.44. The zero-order chi connectivity index (χ0) is 17.0. The molecule has 2 saturated carbocycles. The first-order valence-corrected chi connectivity index (χ1v) is 8.91. The van der Waals surface area contributed by atoms with Gasteiger partial charge in [-0.2, -0.15) is 0 Å². The maximum absolute atomic E-state index is 12.0. The van der Waals surface area contributed by atoms with Crippen LogP contribution in [0.5, 0.6) is 0 Å². The van der Waals surface area contributed by atoms with Gasteiger partial charge in [-0.1, -0.05) is 31.6 Å². The third-order valence-corrected chi connectivity index (χ3v) is 7.31. The molecular formula is C20H30O3. The zero-order valence-corrected chi connectivity index (χ0v) is 14.6. The highest BCUT2D eigenvalue weighted by Crippen LogP contribution is 2.63. The maximum Gasteiger partial charge on any atom is 0.309 e. The molecule has 0 aromatic heterocycles. The quantitative estimate of drug-likeness (QED) is 0.751. The largest absolute Gasteiger partial charge is 0.481 e. The van der Waals surface area contributed by atoms with Gasteiger partial charge in [-0.25, -0.2) is 0 Å². The molecule has 0 amide bonds. The first-order chi connectivity index (χ1) is 10.6. The van der Waals surface area contributed by atoms with Crippen LogP contribution in [0.15, 0.2) is 24.3 Å². The Morgan fingerprint density at radius 3 is 2.61 bits per heavy atom. The Morgan fingerprint density at radius 1 is 1.30 bits per heavy atom. The van der Waals surface area contributed by atoms with Crippen LogP contribution in [0, 0.1) is 28.1 Å². The number of rotatable bonds is 2. The molecule has 3 rings (SSSR count). The summed E-state index contributed by atoms with van der Waals surface area (Å²) >= 11 is 0. The van der Waals surface area contributed by atoms with Gasteiger partial charge in [0.25, 0.3) is 0 Å². The van der Waals surface area contributed by atoms with Crippen LogP contribution in [0.25, 0.3) is 0 Å². The fourth-order valence-electron chi connectivity index (χ4n) is 6.06. The number of carboxylic acid groups (broad SMARTS) is 1. The molecule has 0 unspecified atom stereocenters. The topological polar surface area (TPSA) is 57.5 Å². The molecule has 0 saturated heterocycles. The Kier molecular flexibility index (Phi) is 3.79. The Morgan fingerprint density at radius 2 is 2.00 bits per heavy atom. The summed E-state index contributed by atoms with van der Waals surface area (Å²) in [6.45, 7) is 10.3. The van der Waals surface area contributed by atoms with Gasteiger partial charge in [-0.15, -0.1) is 6.58 Å². The van der Waals surface area contributed by atoms with E-state index < -0.39 is 17.5 Å². The van der Waals surface area contributed by atoms with E-state index in [1.807, 2.05) is 13.0 Å². The Labute approximate surface area is 139 Å². The first kappa shape index (κ1) is 16.8. The third-order valence-electron chi connectivity index (χ3n) is 7.31. The van der Waals surface area contributed by atoms with Crippen molar-refractivity contribution in [3.05, 3.63) is 24.3 Å². The maximum atomic E-state index is 12.0. The Hall–Kier alpha value is -1.09. The molecule has 0 aromatic carbocycles. The van der Waals surface area contributed by atoms with Crippen LogP contribution in [0.1, 0.15) is 59.3 Å². The smallest absolute Gasteiger partial charge is 0.309 e. The Bertz CT molecular complexity index is 565. The highest BCUT2D eigenvalue weighted by atomic mass is 16.4. The van der Waals surface area contributed by atoms with Crippen molar-refractivity contribution >= 4 is 5.97 Å². The lowest BCUT2D eigenvalue weighted by molar-refractivity contribution is -0.174. The summed E-state index contributed by atoms with van der Waals surface area (Å²) < 4.78 is 0. The van der Waals surface area contributed by atoms with Crippen molar-refractivity contribution in [2.45, 2.75) is 65.4 Å². The fraction of sp³-hybridized carbons (Fsp3) is 0.750. The number of carboxylic acids is 1. The van der Waals surface area contributed by atoms with Gasteiger partial charge in [-0.3, -0.25) is 4.79 Å². The van der Waals surface area contributed by atoms with Gasteiger partial charge in [-0.05, 0) is 62.7 Å². The lowest BCUT2D eigenvalue weighted by Crippen LogP contribution is -2.57. The van der Waals surface area contributed by atoms with E-state index in [9.17, 15) is 15.0 Å². The molecule has 3 nitrogen and oxygen atoms in total. The van der Waals surface area contributed by atoms with Crippen LogP contribution in [-0.2, 0) is 4.79 Å². The van der Waals surface area contributed by atoms with Gasteiger partial charge in [0.05, 0.1) is 11.5 Å². The van der Waals surface area contributed by atoms with Gasteiger partial charge in [0.1, 0.15) is 0 Å². The normalized spacial score (nSPS) is 49.6. The number of allylic oxidation sites excluding steroid dienone is 3. The van der Waals surface area contributed by atoms with Gasteiger partial charge < -0.3 is 10.2 Å². The summed E-state index contributed by atoms with van der Waals surface area (Å²) in [6.07, 6.45) is 9.08. The number of aliphatic hydroxyl groups excluding tert-OH is 1. The van der Waals surface area contributed by atoms with Gasteiger partial charge in [0, 0.05) is 5.41 Å². The minimum atomic E-state index is -0.808. The molecule has 3 aliphatic rings. The molecule has 0 radical (unpaired) electrons. The van der Waals surface area contributed by atoms with E-state index in [0.717, 1.165) is 32.1 Å². The number of carbonyl (C=O) groups is 1. The summed E-state index contributed by atoms with van der Waals surface area (Å²) in [4.78, 5) is 12.0. The predicted molar refractivity (Wildman–Crippen MR) is 90.9 cm³/mol. The second kappa shape index (κ2) is 5.20. The van der Waals surface area contributed by atoms with Gasteiger partial charge in [0.2, 0.25) is 0 Å². The number of aliphatic carboxylic acids is 1. The number of hydrogen-bond acceptors (Lipinski definition) is 2. The lowest BCUT2D eigenvalue weighted by Gasteiger charge is -2.59. The van der Waals surface area contributed by atoms with Crippen molar-refractivity contribution in [1.29, 1.82) is 0 Å². The van der Waals surface area contributed by atoms with E-state index in [1.54, 1.807) is 0 Å². The fourth-order valence-corrected chi connectivity index (χ4v) is 6.06. The van der Waals surface area contributed by atoms with Gasteiger partial charge >= 0.3 is 5.97 Å². The van der Waals surface area contributed by atoms with Crippen molar-refractivity contribution in [3.63, 3.8) is 0 Å². The standard InChI is InChI=1S/C20H30O3/c1-5-18(2)9-8-15-13(10-18)6-7-16-19(15,3)11-14(21)12-20(16,4)17(22)23/h5,10,14-16,21H,1,6-9,11-12H2,2-4H3,(H,22,23)/t14-,15-,16+,18+,19+,20+/m0/s1. The minimum absolute atomic E-state index is 0.0679. The van der Waals surface area contributed by atoms with E-state index in [0.29, 0.717) is 12.3 Å². The zero-order valence-electron chi connectivity index (χ0n) is 14.6. The summed E-state index contributed by atoms with van der Waals surface area (Å²) in [5, 5.41) is 20.3. The van der Waals surface area contributed by atoms with Crippen molar-refractivity contribution in [2.75, 3.05) is 0 Å². The van der Waals surface area contributed by atoms with Crippen molar-refractivity contribution in [2.24, 2.45) is 28.1 Å². The third kappa shape index (κ3) is 2.39. The van der Waals surface area contributed by atoms with Crippen LogP contribution >= 0.6 is 0 Å². The monoisotopic (exact) mass is 318 g/mol. The molecule has 3 heteroatoms. The molecule has 3 aliphatic carbocycles. The molecule has 0 bridgehead atoms. The summed E-state index contributed by atoms with van der Waals surface area (Å²) in [6, 6.07) is 0. The predicted octanol–water partition coefficient (Wildman–Crippen LogP) is 4.18. The van der Waals surface area contributed by atoms with Crippen molar-refractivity contribution < 1.29 is 15.0 Å². The van der Waals surface area contributed by atoms with Crippen LogP contribution in [0.4, 0.5) is 0 Å².